The molecule has 2 fully saturated rings. The van der Waals surface area contributed by atoms with E-state index >= 15 is 0 Å². The first kappa shape index (κ1) is 31.4. The molecule has 1 aromatic heterocycles. The maximum absolute atomic E-state index is 14.2. The van der Waals surface area contributed by atoms with Crippen molar-refractivity contribution in [3.63, 3.8) is 0 Å². The summed E-state index contributed by atoms with van der Waals surface area (Å²) in [6.07, 6.45) is 6.15. The van der Waals surface area contributed by atoms with Gasteiger partial charge in [0.1, 0.15) is 17.6 Å². The fourth-order valence-corrected chi connectivity index (χ4v) is 5.66. The van der Waals surface area contributed by atoms with Crippen LogP contribution in [0.25, 0.3) is 0 Å². The van der Waals surface area contributed by atoms with E-state index in [4.69, 9.17) is 10.7 Å². The SMILES string of the molecule is C/C=C(\CN1CCC1)C(=O)NCc1cccc([C@@H]2/C(=C/N)C(=Nc3ccccc3)N(CC)C(=O)[C@H]2NC(=O)c2ccn(C)n2)c1.[HH].[HH]. The van der Waals surface area contributed by atoms with Crippen LogP contribution < -0.4 is 16.4 Å². The quantitative estimate of drug-likeness (QED) is 0.300. The lowest BCUT2D eigenvalue weighted by atomic mass is 9.79. The Morgan fingerprint density at radius 3 is 2.53 bits per heavy atom. The van der Waals surface area contributed by atoms with Crippen LogP contribution in [-0.2, 0) is 23.2 Å². The zero-order chi connectivity index (χ0) is 31.9. The third-order valence-electron chi connectivity index (χ3n) is 8.18. The summed E-state index contributed by atoms with van der Waals surface area (Å²) < 4.78 is 1.53. The van der Waals surface area contributed by atoms with E-state index in [-0.39, 0.29) is 20.4 Å². The summed E-state index contributed by atoms with van der Waals surface area (Å²) in [5, 5.41) is 10.2. The molecule has 0 spiro atoms. The Kier molecular flexibility index (Phi) is 9.89. The van der Waals surface area contributed by atoms with Crippen molar-refractivity contribution in [2.24, 2.45) is 17.8 Å². The number of aryl methyl sites for hydroxylation is 1. The number of amides is 3. The highest BCUT2D eigenvalue weighted by atomic mass is 16.2. The number of amidine groups is 1. The minimum atomic E-state index is -0.986. The summed E-state index contributed by atoms with van der Waals surface area (Å²) >= 11 is 0. The summed E-state index contributed by atoms with van der Waals surface area (Å²) in [6.45, 7) is 7.00. The first-order valence-electron chi connectivity index (χ1n) is 15.2. The topological polar surface area (TPSA) is 138 Å². The second-order valence-corrected chi connectivity index (χ2v) is 11.2. The van der Waals surface area contributed by atoms with Crippen LogP contribution >= 0.6 is 0 Å². The molecule has 2 saturated heterocycles. The number of aromatic nitrogens is 2. The van der Waals surface area contributed by atoms with Gasteiger partial charge in [-0.05, 0) is 62.7 Å². The number of hydrogen-bond donors (Lipinski definition) is 3. The van der Waals surface area contributed by atoms with Gasteiger partial charge in [-0.15, -0.1) is 0 Å². The highest BCUT2D eigenvalue weighted by Gasteiger charge is 2.45. The number of nitrogens with zero attached hydrogens (tertiary/aromatic N) is 5. The molecule has 2 aliphatic rings. The molecule has 45 heavy (non-hydrogen) atoms. The number of likely N-dealkylation sites (N-methyl/N-ethyl adjacent to an activating group) is 1. The van der Waals surface area contributed by atoms with Crippen molar-refractivity contribution in [2.45, 2.75) is 38.8 Å². The molecule has 238 valence electrons. The van der Waals surface area contributed by atoms with Crippen LogP contribution in [-0.4, -0.2) is 75.4 Å². The largest absolute Gasteiger partial charge is 0.404 e. The lowest BCUT2D eigenvalue weighted by Gasteiger charge is -2.40. The molecule has 0 unspecified atom stereocenters. The number of aliphatic imine (C=N–C) groups is 1. The van der Waals surface area contributed by atoms with E-state index in [2.05, 4.69) is 20.6 Å². The molecular weight excluding hydrogens is 568 g/mol. The third kappa shape index (κ3) is 7.04. The van der Waals surface area contributed by atoms with Gasteiger partial charge in [-0.2, -0.15) is 5.10 Å². The van der Waals surface area contributed by atoms with Crippen LogP contribution in [0.15, 0.2) is 95.3 Å². The van der Waals surface area contributed by atoms with Crippen molar-refractivity contribution < 1.29 is 17.2 Å². The maximum Gasteiger partial charge on any atom is 0.272 e. The van der Waals surface area contributed by atoms with Crippen LogP contribution in [0.2, 0.25) is 0 Å². The Hall–Kier alpha value is -5.03. The van der Waals surface area contributed by atoms with Gasteiger partial charge in [0, 0.05) is 59.0 Å². The van der Waals surface area contributed by atoms with Gasteiger partial charge in [-0.3, -0.25) is 28.9 Å². The highest BCUT2D eigenvalue weighted by molar-refractivity contribution is 6.15. The smallest absolute Gasteiger partial charge is 0.272 e. The number of benzene rings is 2. The lowest BCUT2D eigenvalue weighted by Crippen LogP contribution is -2.59. The van der Waals surface area contributed by atoms with Gasteiger partial charge in [0.2, 0.25) is 5.91 Å². The molecule has 0 bridgehead atoms. The monoisotopic (exact) mass is 612 g/mol. The van der Waals surface area contributed by atoms with Crippen LogP contribution in [0.5, 0.6) is 0 Å². The van der Waals surface area contributed by atoms with Gasteiger partial charge in [-0.25, -0.2) is 4.99 Å². The lowest BCUT2D eigenvalue weighted by molar-refractivity contribution is -0.130. The van der Waals surface area contributed by atoms with Gasteiger partial charge in [0.25, 0.3) is 11.8 Å². The number of nitrogens with one attached hydrogen (secondary N) is 2. The van der Waals surface area contributed by atoms with Crippen LogP contribution in [0.1, 0.15) is 50.7 Å². The van der Waals surface area contributed by atoms with Gasteiger partial charge in [0.15, 0.2) is 0 Å². The first-order valence-corrected chi connectivity index (χ1v) is 15.2. The molecule has 0 aliphatic carbocycles. The molecule has 3 heterocycles. The Bertz CT molecular complexity index is 1650. The molecule has 3 aromatic rings. The molecule has 4 N–H and O–H groups in total. The highest BCUT2D eigenvalue weighted by Crippen LogP contribution is 2.36. The summed E-state index contributed by atoms with van der Waals surface area (Å²) in [5.74, 6) is -1.13. The molecule has 0 saturated carbocycles. The molecule has 2 atom stereocenters. The van der Waals surface area contributed by atoms with Gasteiger partial charge in [-0.1, -0.05) is 48.5 Å². The molecular formula is C34H44N8O3. The number of para-hydroxylation sites is 1. The number of hydrogen-bond acceptors (Lipinski definition) is 7. The summed E-state index contributed by atoms with van der Waals surface area (Å²) in [4.78, 5) is 49.2. The average Bonchev–Trinajstić information content (AvgIpc) is 3.47. The van der Waals surface area contributed by atoms with Crippen molar-refractivity contribution in [3.8, 4) is 0 Å². The molecule has 11 nitrogen and oxygen atoms in total. The van der Waals surface area contributed by atoms with Gasteiger partial charge in [0.05, 0.1) is 5.69 Å². The van der Waals surface area contributed by atoms with Crippen LogP contribution in [0.4, 0.5) is 5.69 Å². The number of allylic oxidation sites excluding steroid dienone is 1. The number of nitrogens with two attached hydrogens (primary N) is 1. The number of rotatable bonds is 10. The van der Waals surface area contributed by atoms with Crippen molar-refractivity contribution in [1.29, 1.82) is 0 Å². The first-order chi connectivity index (χ1) is 21.8. The molecule has 11 heteroatoms. The Labute approximate surface area is 266 Å². The summed E-state index contributed by atoms with van der Waals surface area (Å²) in [5.41, 5.74) is 10.1. The van der Waals surface area contributed by atoms with Crippen molar-refractivity contribution in [1.82, 2.24) is 30.2 Å². The second-order valence-electron chi connectivity index (χ2n) is 11.2. The molecule has 0 radical (unpaired) electrons. The van der Waals surface area contributed by atoms with Crippen molar-refractivity contribution in [2.75, 3.05) is 26.2 Å². The number of likely N-dealkylation sites (tertiary alicyclic amines) is 2. The van der Waals surface area contributed by atoms with E-state index < -0.39 is 17.9 Å². The Balaban J connectivity index is 0.00000300. The number of carbonyl (C=O) groups is 3. The average molecular weight is 613 g/mol. The predicted molar refractivity (Wildman–Crippen MR) is 178 cm³/mol. The van der Waals surface area contributed by atoms with E-state index in [0.29, 0.717) is 36.7 Å². The van der Waals surface area contributed by atoms with E-state index in [9.17, 15) is 14.4 Å². The van der Waals surface area contributed by atoms with Gasteiger partial charge < -0.3 is 16.4 Å². The maximum atomic E-state index is 14.2. The fraction of sp³-hybridized carbons (Fsp3) is 0.324. The van der Waals surface area contributed by atoms with E-state index in [1.54, 1.807) is 24.2 Å². The summed E-state index contributed by atoms with van der Waals surface area (Å²) in [6, 6.07) is 17.6. The Morgan fingerprint density at radius 2 is 1.91 bits per heavy atom. The molecule has 5 rings (SSSR count). The van der Waals surface area contributed by atoms with Crippen molar-refractivity contribution in [3.05, 3.63) is 107 Å². The van der Waals surface area contributed by atoms with Gasteiger partial charge >= 0.3 is 0 Å². The zero-order valence-electron chi connectivity index (χ0n) is 25.9. The Morgan fingerprint density at radius 1 is 1.13 bits per heavy atom. The number of carbonyl (C=O) groups excluding carboxylic acids is 3. The molecule has 2 aliphatic heterocycles. The van der Waals surface area contributed by atoms with E-state index in [1.807, 2.05) is 74.5 Å². The predicted octanol–water partition coefficient (Wildman–Crippen LogP) is 3.50. The van der Waals surface area contributed by atoms with Crippen LogP contribution in [0, 0.1) is 0 Å². The summed E-state index contributed by atoms with van der Waals surface area (Å²) in [7, 11) is 1.72. The van der Waals surface area contributed by atoms with E-state index in [0.717, 1.165) is 36.2 Å². The standard InChI is InChI=1S/C34H40N8O3.2H2/c1-4-24(22-41-16-10-17-41)32(43)36-21-23-11-9-12-25(19-23)29-27(20-35)31(37-26-13-7-6-8-14-26)42(5-2)34(45)30(29)38-33(44)28-15-18-40(3)39-28;;/h4,6-9,11-15,18-20,29-30H,5,10,16-17,21-22,35H2,1-3H3,(H,36,43)(H,38,44);2*1H/b24-4+,27-20-,37-31?;;/t29-,30+;;/m1../s1. The minimum absolute atomic E-state index is 0. The zero-order valence-corrected chi connectivity index (χ0v) is 25.9. The second kappa shape index (κ2) is 14.2. The molecule has 2 aromatic carbocycles. The van der Waals surface area contributed by atoms with E-state index in [1.165, 1.54) is 10.9 Å². The number of piperidine rings is 1. The molecule has 3 amide bonds. The van der Waals surface area contributed by atoms with Crippen LogP contribution in [0.3, 0.4) is 0 Å². The van der Waals surface area contributed by atoms with Crippen molar-refractivity contribution >= 4 is 29.2 Å². The third-order valence-corrected chi connectivity index (χ3v) is 8.18. The fourth-order valence-electron chi connectivity index (χ4n) is 5.66. The normalized spacial score (nSPS) is 20.7. The minimum Gasteiger partial charge on any atom is -0.404 e.